The third-order valence-corrected chi connectivity index (χ3v) is 15.4. The van der Waals surface area contributed by atoms with Gasteiger partial charge in [-0.15, -0.1) is 0 Å². The van der Waals surface area contributed by atoms with Crippen LogP contribution in [0.2, 0.25) is 0 Å². The van der Waals surface area contributed by atoms with Crippen molar-refractivity contribution in [2.24, 2.45) is 40.9 Å². The summed E-state index contributed by atoms with van der Waals surface area (Å²) in [6, 6.07) is 0. The number of aliphatic hydroxyl groups is 16. The lowest BCUT2D eigenvalue weighted by molar-refractivity contribution is 0.0223. The minimum atomic E-state index is -0.953. The first-order valence-electron chi connectivity index (χ1n) is 29.5. The molecule has 8 unspecified atom stereocenters. The van der Waals surface area contributed by atoms with Gasteiger partial charge in [-0.2, -0.15) is 0 Å². The SMILES string of the molecule is CC1O[C@@H](CN=[N+]=[N-])[C@@H](O)[C@@H]1O.CC1O[C@@H](CN=[N+]=[N-])[C@@H](O)[C@H]1O.CC1O[C@@H](CN=[N+]=[N-])[C@H](O)[C@@H]1O.CC1O[C@@H](CN=[N+]=[N-])[C@H](O)[C@H]1O.CC1O[C@H](CN=[N+]=[N-])[C@@H](O)[C@@H]1O.CC1O[C@H](CN=[N+]=[N-])[C@@H](O)[C@H]1O.CC1O[C@H](CN=[N+]=[N-])[C@H](O)[C@@H]1O.CC1O[C@H](CN=[N+]=[N-])[C@H](O)[C@H]1O. The average Bonchev–Trinajstić information content (AvgIpc) is 2.03. The Balaban J connectivity index is 0.000000549. The van der Waals surface area contributed by atoms with Crippen LogP contribution in [0.15, 0.2) is 40.9 Å². The third-order valence-electron chi connectivity index (χ3n) is 15.4. The number of aliphatic hydroxyl groups excluding tert-OH is 16. The van der Waals surface area contributed by atoms with Crippen molar-refractivity contribution in [1.82, 2.24) is 0 Å². The Bertz CT molecular complexity index is 2160. The first-order valence-corrected chi connectivity index (χ1v) is 29.5. The summed E-state index contributed by atoms with van der Waals surface area (Å²) in [7, 11) is 0. The van der Waals surface area contributed by atoms with Crippen LogP contribution in [0.5, 0.6) is 0 Å². The van der Waals surface area contributed by atoms with E-state index < -0.39 is 195 Å². The summed E-state index contributed by atoms with van der Waals surface area (Å²) in [5.74, 6) is 0. The second kappa shape index (κ2) is 45.9. The molecule has 48 nitrogen and oxygen atoms in total. The van der Waals surface area contributed by atoms with Crippen molar-refractivity contribution < 1.29 is 120 Å². The number of ether oxygens (including phenoxy) is 8. The highest BCUT2D eigenvalue weighted by molar-refractivity contribution is 4.95. The molecule has 0 radical (unpaired) electrons. The molecule has 0 aromatic carbocycles. The molecule has 544 valence electrons. The third kappa shape index (κ3) is 27.8. The van der Waals surface area contributed by atoms with Gasteiger partial charge < -0.3 is 120 Å². The number of azide groups is 8. The molecule has 96 heavy (non-hydrogen) atoms. The van der Waals surface area contributed by atoms with Gasteiger partial charge in [0.15, 0.2) is 0 Å². The molecule has 16 N–H and O–H groups in total. The van der Waals surface area contributed by atoms with Crippen LogP contribution >= 0.6 is 0 Å². The molecule has 0 aromatic heterocycles. The summed E-state index contributed by atoms with van der Waals surface area (Å²) in [6.07, 6.45) is -22.6. The Labute approximate surface area is 546 Å². The molecule has 0 spiro atoms. The molecule has 8 aliphatic rings. The number of hydrogen-bond donors (Lipinski definition) is 16. The normalized spacial score (nSPS) is 40.9. The van der Waals surface area contributed by atoms with Gasteiger partial charge in [0.05, 0.1) is 150 Å². The average molecular weight is 1390 g/mol. The highest BCUT2D eigenvalue weighted by atomic mass is 16.6. The largest absolute Gasteiger partial charge is 0.388 e. The molecular formula is C48H88N24O24. The van der Waals surface area contributed by atoms with Crippen molar-refractivity contribution in [3.05, 3.63) is 83.5 Å². The van der Waals surface area contributed by atoms with Gasteiger partial charge in [0.2, 0.25) is 0 Å². The molecule has 8 fully saturated rings. The summed E-state index contributed by atoms with van der Waals surface area (Å²) in [6.45, 7) is 13.7. The van der Waals surface area contributed by atoms with Gasteiger partial charge in [-0.1, -0.05) is 40.9 Å². The fraction of sp³-hybridized carbons (Fsp3) is 1.00. The smallest absolute Gasteiger partial charge is 0.109 e. The predicted molar refractivity (Wildman–Crippen MR) is 323 cm³/mol. The van der Waals surface area contributed by atoms with E-state index >= 15 is 0 Å². The molecule has 48 heteroatoms. The topological polar surface area (TPSA) is 788 Å². The lowest BCUT2D eigenvalue weighted by Crippen LogP contribution is -2.32. The Morgan fingerprint density at radius 2 is 0.271 bits per heavy atom. The molecular weight excluding hydrogens is 1300 g/mol. The Morgan fingerprint density at radius 3 is 0.323 bits per heavy atom. The minimum absolute atomic E-state index is 0.0546. The molecule has 8 aliphatic heterocycles. The van der Waals surface area contributed by atoms with Crippen LogP contribution in [-0.2, 0) is 37.9 Å². The van der Waals surface area contributed by atoms with Crippen LogP contribution in [0.3, 0.4) is 0 Å². The maximum absolute atomic E-state index is 9.30. The van der Waals surface area contributed by atoms with Crippen LogP contribution < -0.4 is 0 Å². The van der Waals surface area contributed by atoms with Crippen LogP contribution in [0.25, 0.3) is 83.5 Å². The molecule has 0 aromatic rings. The van der Waals surface area contributed by atoms with Crippen molar-refractivity contribution in [2.75, 3.05) is 52.4 Å². The lowest BCUT2D eigenvalue weighted by atomic mass is 10.1. The zero-order valence-corrected chi connectivity index (χ0v) is 53.3. The van der Waals surface area contributed by atoms with Crippen molar-refractivity contribution >= 4 is 0 Å². The Hall–Kier alpha value is -6.48. The molecule has 0 amide bonds. The number of nitrogens with zero attached hydrogens (tertiary/aromatic N) is 24. The summed E-state index contributed by atoms with van der Waals surface area (Å²) in [5.41, 5.74) is 64.0. The fourth-order valence-corrected chi connectivity index (χ4v) is 9.62. The highest BCUT2D eigenvalue weighted by Gasteiger charge is 2.45. The van der Waals surface area contributed by atoms with Gasteiger partial charge in [-0.3, -0.25) is 0 Å². The molecule has 8 rings (SSSR count). The van der Waals surface area contributed by atoms with E-state index in [1.807, 2.05) is 0 Å². The van der Waals surface area contributed by atoms with E-state index in [-0.39, 0.29) is 52.4 Å². The predicted octanol–water partition coefficient (Wildman–Crippen LogP) is -1.55. The summed E-state index contributed by atoms with van der Waals surface area (Å²) < 4.78 is 41.0. The van der Waals surface area contributed by atoms with Crippen molar-refractivity contribution in [1.29, 1.82) is 0 Å². The molecule has 32 atom stereocenters. The number of hydrogen-bond acceptors (Lipinski definition) is 32. The zero-order valence-electron chi connectivity index (χ0n) is 53.3. The van der Waals surface area contributed by atoms with Crippen LogP contribution in [0.1, 0.15) is 55.4 Å². The number of rotatable bonds is 16. The second-order valence-corrected chi connectivity index (χ2v) is 22.2. The standard InChI is InChI=1S/8C6H11N3O3/c8*1-3-5(10)6(11)4(12-3)2-8-9-7/h8*3-6,10-11H,2H2,1H3/t2*3?,4-,5+,6+;2*3?,4-,5+,6-;2*3?,4-,5-,6+;2*3?,4-,5-,6-/m10101010/s1. The molecule has 8 saturated heterocycles. The summed E-state index contributed by atoms with van der Waals surface area (Å²) in [4.78, 5) is 20.3. The van der Waals surface area contributed by atoms with E-state index in [2.05, 4.69) is 80.2 Å². The maximum atomic E-state index is 9.30. The minimum Gasteiger partial charge on any atom is -0.388 e. The quantitative estimate of drug-likeness (QED) is 0.0472. The van der Waals surface area contributed by atoms with Gasteiger partial charge in [0.1, 0.15) is 97.7 Å². The van der Waals surface area contributed by atoms with Gasteiger partial charge in [-0.25, -0.2) is 0 Å². The lowest BCUT2D eigenvalue weighted by Gasteiger charge is -2.10. The fourth-order valence-electron chi connectivity index (χ4n) is 9.62. The maximum Gasteiger partial charge on any atom is 0.109 e. The molecule has 0 saturated carbocycles. The van der Waals surface area contributed by atoms with E-state index in [1.165, 1.54) is 0 Å². The van der Waals surface area contributed by atoms with E-state index in [0.717, 1.165) is 0 Å². The van der Waals surface area contributed by atoms with Gasteiger partial charge in [-0.05, 0) is 99.6 Å². The first-order chi connectivity index (χ1) is 45.3. The van der Waals surface area contributed by atoms with Gasteiger partial charge in [0, 0.05) is 39.3 Å². The van der Waals surface area contributed by atoms with Crippen molar-refractivity contribution in [3.8, 4) is 0 Å². The summed E-state index contributed by atoms with van der Waals surface area (Å²) in [5, 5.41) is 174. The van der Waals surface area contributed by atoms with Crippen LogP contribution in [0, 0.1) is 0 Å². The zero-order chi connectivity index (χ0) is 73.1. The van der Waals surface area contributed by atoms with E-state index in [1.54, 1.807) is 55.4 Å². The summed E-state index contributed by atoms with van der Waals surface area (Å²) >= 11 is 0. The second-order valence-electron chi connectivity index (χ2n) is 22.2. The van der Waals surface area contributed by atoms with Crippen LogP contribution in [-0.4, -0.2) is 329 Å². The Morgan fingerprint density at radius 1 is 0.188 bits per heavy atom. The van der Waals surface area contributed by atoms with Gasteiger partial charge in [0.25, 0.3) is 0 Å². The van der Waals surface area contributed by atoms with Crippen molar-refractivity contribution in [3.63, 3.8) is 0 Å². The van der Waals surface area contributed by atoms with Crippen molar-refractivity contribution in [2.45, 2.75) is 251 Å². The molecule has 0 aliphatic carbocycles. The Kier molecular flexibility index (Phi) is 41.9. The molecule has 0 bridgehead atoms. The highest BCUT2D eigenvalue weighted by Crippen LogP contribution is 2.27. The first kappa shape index (κ1) is 87.5. The van der Waals surface area contributed by atoms with E-state index in [4.69, 9.17) is 82.1 Å². The van der Waals surface area contributed by atoms with Gasteiger partial charge >= 0.3 is 0 Å². The molecule has 8 heterocycles. The monoisotopic (exact) mass is 1380 g/mol. The van der Waals surface area contributed by atoms with Crippen LogP contribution in [0.4, 0.5) is 0 Å². The van der Waals surface area contributed by atoms with E-state index in [9.17, 15) is 81.7 Å². The van der Waals surface area contributed by atoms with E-state index in [0.29, 0.717) is 0 Å².